The van der Waals surface area contributed by atoms with Crippen molar-refractivity contribution in [3.8, 4) is 11.3 Å². The Balaban J connectivity index is 1.69. The smallest absolute Gasteiger partial charge is 0.416 e. The van der Waals surface area contributed by atoms with Gasteiger partial charge in [-0.1, -0.05) is 11.6 Å². The molecule has 0 fully saturated rings. The van der Waals surface area contributed by atoms with Gasteiger partial charge in [-0.2, -0.15) is 18.3 Å². The van der Waals surface area contributed by atoms with E-state index in [4.69, 9.17) is 16.0 Å². The topological polar surface area (TPSA) is 110 Å². The highest BCUT2D eigenvalue weighted by Gasteiger charge is 2.33. The second-order valence-corrected chi connectivity index (χ2v) is 9.05. The maximum Gasteiger partial charge on any atom is 0.416 e. The number of hydrogen-bond donors (Lipinski definition) is 2. The maximum absolute atomic E-state index is 13.8. The summed E-state index contributed by atoms with van der Waals surface area (Å²) in [6.45, 7) is 1.52. The number of benzene rings is 2. The van der Waals surface area contributed by atoms with Crippen molar-refractivity contribution < 1.29 is 27.5 Å². The first-order valence-corrected chi connectivity index (χ1v) is 11.6. The Labute approximate surface area is 217 Å². The standard InChI is InChI=1S/C26H18ClF3N4O4/c1-12(32-18-4-6-22(27)33-23(18)25(36)37)16-8-15(26(28,29)30)9-17-20(35)10-21(38-24(16)17)13-3-5-19-14(7-13)11-31-34(19)2/h3-12,32H,1-2H3,(H,36,37). The van der Waals surface area contributed by atoms with Crippen molar-refractivity contribution in [1.82, 2.24) is 14.8 Å². The largest absolute Gasteiger partial charge is 0.476 e. The van der Waals surface area contributed by atoms with Crippen LogP contribution in [-0.2, 0) is 13.2 Å². The summed E-state index contributed by atoms with van der Waals surface area (Å²) in [5.41, 5.74) is -0.771. The summed E-state index contributed by atoms with van der Waals surface area (Å²) in [5.74, 6) is -1.23. The quantitative estimate of drug-likeness (QED) is 0.251. The van der Waals surface area contributed by atoms with Gasteiger partial charge in [0.1, 0.15) is 16.5 Å². The normalized spacial score (nSPS) is 12.7. The van der Waals surface area contributed by atoms with E-state index in [-0.39, 0.29) is 33.1 Å². The molecule has 0 aliphatic rings. The zero-order valence-corrected chi connectivity index (χ0v) is 20.6. The van der Waals surface area contributed by atoms with E-state index in [2.05, 4.69) is 15.4 Å². The molecule has 0 aliphatic heterocycles. The van der Waals surface area contributed by atoms with Crippen LogP contribution in [0.5, 0.6) is 0 Å². The van der Waals surface area contributed by atoms with Gasteiger partial charge < -0.3 is 14.8 Å². The fourth-order valence-corrected chi connectivity index (χ4v) is 4.40. The zero-order chi connectivity index (χ0) is 27.4. The molecule has 3 aromatic heterocycles. The highest BCUT2D eigenvalue weighted by molar-refractivity contribution is 6.29. The number of carbonyl (C=O) groups is 1. The number of aryl methyl sites for hydroxylation is 1. The summed E-state index contributed by atoms with van der Waals surface area (Å²) in [7, 11) is 1.78. The van der Waals surface area contributed by atoms with Crippen LogP contribution in [0.3, 0.4) is 0 Å². The molecule has 38 heavy (non-hydrogen) atoms. The Morgan fingerprint density at radius 2 is 1.92 bits per heavy atom. The van der Waals surface area contributed by atoms with Crippen molar-refractivity contribution in [2.75, 3.05) is 5.32 Å². The third-order valence-corrected chi connectivity index (χ3v) is 6.33. The summed E-state index contributed by atoms with van der Waals surface area (Å²) in [5, 5.41) is 17.0. The van der Waals surface area contributed by atoms with Crippen LogP contribution in [0.15, 0.2) is 63.9 Å². The molecule has 5 aromatic rings. The fourth-order valence-electron chi connectivity index (χ4n) is 4.25. The number of fused-ring (bicyclic) bond motifs is 2. The summed E-state index contributed by atoms with van der Waals surface area (Å²) in [6, 6.07) is 9.82. The minimum atomic E-state index is -4.74. The summed E-state index contributed by atoms with van der Waals surface area (Å²) < 4.78 is 49.0. The Kier molecular flexibility index (Phi) is 6.10. The van der Waals surface area contributed by atoms with Crippen LogP contribution in [0.4, 0.5) is 18.9 Å². The molecule has 0 aliphatic carbocycles. The van der Waals surface area contributed by atoms with Crippen LogP contribution in [0.2, 0.25) is 5.15 Å². The predicted octanol–water partition coefficient (Wildman–Crippen LogP) is 6.29. The third-order valence-electron chi connectivity index (χ3n) is 6.12. The summed E-state index contributed by atoms with van der Waals surface area (Å²) in [6.07, 6.45) is -3.10. The molecule has 0 bridgehead atoms. The average molecular weight is 543 g/mol. The van der Waals surface area contributed by atoms with E-state index < -0.39 is 34.9 Å². The molecular weight excluding hydrogens is 525 g/mol. The summed E-state index contributed by atoms with van der Waals surface area (Å²) >= 11 is 5.81. The van der Waals surface area contributed by atoms with Gasteiger partial charge in [0.25, 0.3) is 0 Å². The lowest BCUT2D eigenvalue weighted by Gasteiger charge is -2.20. The highest BCUT2D eigenvalue weighted by Crippen LogP contribution is 2.37. The molecule has 1 unspecified atom stereocenters. The molecule has 0 radical (unpaired) electrons. The Bertz CT molecular complexity index is 1800. The Morgan fingerprint density at radius 3 is 2.63 bits per heavy atom. The van der Waals surface area contributed by atoms with Crippen molar-refractivity contribution >= 4 is 45.1 Å². The van der Waals surface area contributed by atoms with E-state index in [0.717, 1.165) is 29.1 Å². The van der Waals surface area contributed by atoms with Gasteiger partial charge in [0.2, 0.25) is 0 Å². The number of nitrogens with one attached hydrogen (secondary N) is 1. The minimum absolute atomic E-state index is 0.00233. The van der Waals surface area contributed by atoms with Crippen LogP contribution in [0.1, 0.15) is 34.6 Å². The molecule has 194 valence electrons. The molecule has 0 saturated heterocycles. The number of alkyl halides is 3. The van der Waals surface area contributed by atoms with Crippen LogP contribution in [0, 0.1) is 0 Å². The van der Waals surface area contributed by atoms with Crippen LogP contribution in [-0.4, -0.2) is 25.8 Å². The number of halogens is 4. The molecule has 0 amide bonds. The summed E-state index contributed by atoms with van der Waals surface area (Å²) in [4.78, 5) is 28.5. The van der Waals surface area contributed by atoms with Crippen molar-refractivity contribution in [2.24, 2.45) is 7.05 Å². The van der Waals surface area contributed by atoms with Gasteiger partial charge in [0.15, 0.2) is 11.1 Å². The molecule has 0 saturated carbocycles. The van der Waals surface area contributed by atoms with Crippen molar-refractivity contribution in [1.29, 1.82) is 0 Å². The average Bonchev–Trinajstić information content (AvgIpc) is 3.23. The van der Waals surface area contributed by atoms with E-state index in [1.807, 2.05) is 0 Å². The third kappa shape index (κ3) is 4.56. The number of pyridine rings is 1. The van der Waals surface area contributed by atoms with Gasteiger partial charge in [0, 0.05) is 29.6 Å². The van der Waals surface area contributed by atoms with Crippen molar-refractivity contribution in [3.05, 3.63) is 86.9 Å². The van der Waals surface area contributed by atoms with E-state index >= 15 is 0 Å². The molecule has 3 heterocycles. The van der Waals surface area contributed by atoms with E-state index in [1.165, 1.54) is 19.1 Å². The lowest BCUT2D eigenvalue weighted by atomic mass is 9.99. The van der Waals surface area contributed by atoms with Gasteiger partial charge >= 0.3 is 12.1 Å². The number of aromatic nitrogens is 3. The van der Waals surface area contributed by atoms with Crippen LogP contribution < -0.4 is 10.7 Å². The molecule has 8 nitrogen and oxygen atoms in total. The lowest BCUT2D eigenvalue weighted by molar-refractivity contribution is -0.137. The second-order valence-electron chi connectivity index (χ2n) is 8.66. The first kappa shape index (κ1) is 25.3. The molecule has 0 spiro atoms. The van der Waals surface area contributed by atoms with E-state index in [9.17, 15) is 27.9 Å². The molecule has 1 atom stereocenters. The molecule has 2 N–H and O–H groups in total. The zero-order valence-electron chi connectivity index (χ0n) is 19.8. The van der Waals surface area contributed by atoms with Gasteiger partial charge in [-0.05, 0) is 49.4 Å². The van der Waals surface area contributed by atoms with Crippen molar-refractivity contribution in [2.45, 2.75) is 19.1 Å². The number of hydrogen-bond acceptors (Lipinski definition) is 6. The first-order chi connectivity index (χ1) is 17.9. The Morgan fingerprint density at radius 1 is 1.16 bits per heavy atom. The lowest BCUT2D eigenvalue weighted by Crippen LogP contribution is -2.15. The predicted molar refractivity (Wildman–Crippen MR) is 135 cm³/mol. The van der Waals surface area contributed by atoms with Crippen LogP contribution >= 0.6 is 11.6 Å². The monoisotopic (exact) mass is 542 g/mol. The number of carboxylic acid groups (broad SMARTS) is 1. The first-order valence-electron chi connectivity index (χ1n) is 11.2. The number of anilines is 1. The number of carboxylic acids is 1. The van der Waals surface area contributed by atoms with E-state index in [1.54, 1.807) is 36.1 Å². The SMILES string of the molecule is CC(Nc1ccc(Cl)nc1C(=O)O)c1cc(C(F)(F)F)cc2c(=O)cc(-c3ccc4c(cnn4C)c3)oc12. The molecule has 12 heteroatoms. The van der Waals surface area contributed by atoms with Crippen LogP contribution in [0.25, 0.3) is 33.2 Å². The fraction of sp³-hybridized carbons (Fsp3) is 0.154. The highest BCUT2D eigenvalue weighted by atomic mass is 35.5. The van der Waals surface area contributed by atoms with E-state index in [0.29, 0.717) is 5.56 Å². The molecule has 5 rings (SSSR count). The van der Waals surface area contributed by atoms with Crippen molar-refractivity contribution in [3.63, 3.8) is 0 Å². The molecular formula is C26H18ClF3N4O4. The number of rotatable bonds is 5. The second kappa shape index (κ2) is 9.18. The number of aromatic carboxylic acids is 1. The van der Waals surface area contributed by atoms with Gasteiger partial charge in [-0.25, -0.2) is 9.78 Å². The van der Waals surface area contributed by atoms with Gasteiger partial charge in [-0.3, -0.25) is 9.48 Å². The number of nitrogens with zero attached hydrogens (tertiary/aromatic N) is 3. The van der Waals surface area contributed by atoms with Gasteiger partial charge in [-0.15, -0.1) is 0 Å². The van der Waals surface area contributed by atoms with Gasteiger partial charge in [0.05, 0.1) is 34.4 Å². The Hall–Kier alpha value is -4.38. The molecule has 2 aromatic carbocycles. The maximum atomic E-state index is 13.8. The minimum Gasteiger partial charge on any atom is -0.476 e.